The number of nitrogens with two attached hydrogens (primary N) is 1. The Morgan fingerprint density at radius 3 is 2.94 bits per heavy atom. The van der Waals surface area contributed by atoms with Crippen LogP contribution in [-0.4, -0.2) is 16.1 Å². The zero-order valence-electron chi connectivity index (χ0n) is 8.90. The number of halogens is 1. The Bertz CT molecular complexity index is 592. The molecule has 4 nitrogen and oxygen atoms in total. The summed E-state index contributed by atoms with van der Waals surface area (Å²) in [5, 5.41) is 0.768. The van der Waals surface area contributed by atoms with Crippen LogP contribution in [0.15, 0.2) is 23.0 Å². The summed E-state index contributed by atoms with van der Waals surface area (Å²) >= 11 is 5.92. The van der Waals surface area contributed by atoms with Gasteiger partial charge in [-0.05, 0) is 30.7 Å². The van der Waals surface area contributed by atoms with E-state index in [1.54, 1.807) is 6.07 Å². The maximum absolute atomic E-state index is 12.1. The van der Waals surface area contributed by atoms with E-state index in [1.807, 2.05) is 19.1 Å². The van der Waals surface area contributed by atoms with Gasteiger partial charge in [-0.2, -0.15) is 0 Å². The molecule has 0 aliphatic carbocycles. The number of benzene rings is 1. The van der Waals surface area contributed by atoms with Crippen LogP contribution in [0, 0.1) is 6.92 Å². The minimum Gasteiger partial charge on any atom is -0.329 e. The molecule has 0 aliphatic heterocycles. The summed E-state index contributed by atoms with van der Waals surface area (Å²) < 4.78 is 1.39. The molecule has 5 heteroatoms. The SMILES string of the molecule is Cc1ccc2nc(Cl)n(CCN)c(=O)c2c1. The van der Waals surface area contributed by atoms with Crippen LogP contribution in [0.4, 0.5) is 0 Å². The summed E-state index contributed by atoms with van der Waals surface area (Å²) in [4.78, 5) is 16.2. The standard InChI is InChI=1S/C11H12ClN3O/c1-7-2-3-9-8(6-7)10(16)15(5-4-13)11(12)14-9/h2-3,6H,4-5,13H2,1H3. The fourth-order valence-electron chi connectivity index (χ4n) is 1.63. The van der Waals surface area contributed by atoms with Crippen molar-refractivity contribution in [3.05, 3.63) is 39.4 Å². The number of aryl methyl sites for hydroxylation is 1. The third kappa shape index (κ3) is 1.81. The van der Waals surface area contributed by atoms with Crippen LogP contribution in [0.25, 0.3) is 10.9 Å². The summed E-state index contributed by atoms with van der Waals surface area (Å²) in [6.07, 6.45) is 0. The molecule has 2 N–H and O–H groups in total. The average molecular weight is 238 g/mol. The first-order valence-electron chi connectivity index (χ1n) is 5.00. The molecular formula is C11H12ClN3O. The van der Waals surface area contributed by atoms with E-state index in [0.29, 0.717) is 24.0 Å². The Hall–Kier alpha value is -1.39. The topological polar surface area (TPSA) is 60.9 Å². The second kappa shape index (κ2) is 4.23. The summed E-state index contributed by atoms with van der Waals surface area (Å²) in [7, 11) is 0. The highest BCUT2D eigenvalue weighted by molar-refractivity contribution is 6.28. The van der Waals surface area contributed by atoms with Crippen LogP contribution in [0.2, 0.25) is 5.28 Å². The zero-order valence-corrected chi connectivity index (χ0v) is 9.66. The normalized spacial score (nSPS) is 10.9. The lowest BCUT2D eigenvalue weighted by Crippen LogP contribution is -2.25. The molecule has 0 saturated heterocycles. The van der Waals surface area contributed by atoms with E-state index in [1.165, 1.54) is 4.57 Å². The Morgan fingerprint density at radius 1 is 1.50 bits per heavy atom. The number of fused-ring (bicyclic) bond motifs is 1. The number of aromatic nitrogens is 2. The third-order valence-corrected chi connectivity index (χ3v) is 2.70. The summed E-state index contributed by atoms with van der Waals surface area (Å²) in [6, 6.07) is 5.51. The Kier molecular flexibility index (Phi) is 2.94. The Morgan fingerprint density at radius 2 is 2.25 bits per heavy atom. The van der Waals surface area contributed by atoms with Crippen molar-refractivity contribution in [1.29, 1.82) is 0 Å². The molecule has 0 amide bonds. The second-order valence-electron chi connectivity index (χ2n) is 3.65. The monoisotopic (exact) mass is 237 g/mol. The molecule has 0 saturated carbocycles. The van der Waals surface area contributed by atoms with Crippen molar-refractivity contribution in [3.63, 3.8) is 0 Å². The first-order valence-corrected chi connectivity index (χ1v) is 5.38. The van der Waals surface area contributed by atoms with Crippen molar-refractivity contribution < 1.29 is 0 Å². The van der Waals surface area contributed by atoms with E-state index in [-0.39, 0.29) is 10.8 Å². The molecule has 16 heavy (non-hydrogen) atoms. The van der Waals surface area contributed by atoms with Crippen molar-refractivity contribution in [3.8, 4) is 0 Å². The van der Waals surface area contributed by atoms with Gasteiger partial charge in [0.1, 0.15) is 0 Å². The molecule has 1 aromatic carbocycles. The average Bonchev–Trinajstić information content (AvgIpc) is 2.26. The minimum absolute atomic E-state index is 0.135. The number of nitrogens with zero attached hydrogens (tertiary/aromatic N) is 2. The van der Waals surface area contributed by atoms with Crippen LogP contribution < -0.4 is 11.3 Å². The first kappa shape index (κ1) is 11.1. The van der Waals surface area contributed by atoms with Gasteiger partial charge in [0.15, 0.2) is 0 Å². The van der Waals surface area contributed by atoms with Gasteiger partial charge in [0, 0.05) is 13.1 Å². The maximum atomic E-state index is 12.1. The largest absolute Gasteiger partial charge is 0.329 e. The van der Waals surface area contributed by atoms with E-state index < -0.39 is 0 Å². The lowest BCUT2D eigenvalue weighted by Gasteiger charge is -2.07. The number of rotatable bonds is 2. The van der Waals surface area contributed by atoms with E-state index in [0.717, 1.165) is 5.56 Å². The van der Waals surface area contributed by atoms with Crippen LogP contribution in [0.3, 0.4) is 0 Å². The molecule has 1 aromatic heterocycles. The van der Waals surface area contributed by atoms with Gasteiger partial charge < -0.3 is 5.73 Å². The molecule has 0 unspecified atom stereocenters. The predicted octanol–water partition coefficient (Wildman–Crippen LogP) is 1.32. The van der Waals surface area contributed by atoms with E-state index >= 15 is 0 Å². The lowest BCUT2D eigenvalue weighted by molar-refractivity contribution is 0.675. The quantitative estimate of drug-likeness (QED) is 0.802. The summed E-state index contributed by atoms with van der Waals surface area (Å²) in [6.45, 7) is 2.67. The van der Waals surface area contributed by atoms with Crippen molar-refractivity contribution in [2.24, 2.45) is 5.73 Å². The van der Waals surface area contributed by atoms with E-state index in [4.69, 9.17) is 17.3 Å². The summed E-state index contributed by atoms with van der Waals surface area (Å²) in [5.74, 6) is 0. The molecule has 2 aromatic rings. The Balaban J connectivity index is 2.80. The van der Waals surface area contributed by atoms with Gasteiger partial charge in [0.25, 0.3) is 5.56 Å². The second-order valence-corrected chi connectivity index (χ2v) is 3.98. The highest BCUT2D eigenvalue weighted by atomic mass is 35.5. The number of hydrogen-bond acceptors (Lipinski definition) is 3. The fraction of sp³-hybridized carbons (Fsp3) is 0.273. The zero-order chi connectivity index (χ0) is 11.7. The van der Waals surface area contributed by atoms with Gasteiger partial charge in [-0.25, -0.2) is 4.98 Å². The van der Waals surface area contributed by atoms with Crippen molar-refractivity contribution in [2.45, 2.75) is 13.5 Å². The molecule has 0 aliphatic rings. The molecule has 0 atom stereocenters. The van der Waals surface area contributed by atoms with Gasteiger partial charge in [0.05, 0.1) is 10.9 Å². The molecule has 0 spiro atoms. The molecule has 0 bridgehead atoms. The van der Waals surface area contributed by atoms with Crippen LogP contribution in [-0.2, 0) is 6.54 Å². The van der Waals surface area contributed by atoms with Gasteiger partial charge in [-0.3, -0.25) is 9.36 Å². The third-order valence-electron chi connectivity index (χ3n) is 2.42. The molecule has 2 rings (SSSR count). The molecule has 84 valence electrons. The van der Waals surface area contributed by atoms with Gasteiger partial charge >= 0.3 is 0 Å². The van der Waals surface area contributed by atoms with Gasteiger partial charge in [-0.15, -0.1) is 0 Å². The lowest BCUT2D eigenvalue weighted by atomic mass is 10.2. The van der Waals surface area contributed by atoms with Gasteiger partial charge in [-0.1, -0.05) is 11.6 Å². The van der Waals surface area contributed by atoms with Crippen molar-refractivity contribution >= 4 is 22.5 Å². The smallest absolute Gasteiger partial charge is 0.262 e. The van der Waals surface area contributed by atoms with E-state index in [9.17, 15) is 4.79 Å². The van der Waals surface area contributed by atoms with Crippen molar-refractivity contribution in [2.75, 3.05) is 6.54 Å². The molecule has 1 heterocycles. The fourth-order valence-corrected chi connectivity index (χ4v) is 1.88. The Labute approximate surface area is 97.7 Å². The van der Waals surface area contributed by atoms with Gasteiger partial charge in [0.2, 0.25) is 5.28 Å². The molecule has 0 fully saturated rings. The highest BCUT2D eigenvalue weighted by Crippen LogP contribution is 2.13. The van der Waals surface area contributed by atoms with E-state index in [2.05, 4.69) is 4.98 Å². The minimum atomic E-state index is -0.135. The van der Waals surface area contributed by atoms with Crippen LogP contribution >= 0.6 is 11.6 Å². The molecular weight excluding hydrogens is 226 g/mol. The summed E-state index contributed by atoms with van der Waals surface area (Å²) in [5.41, 5.74) is 6.93. The highest BCUT2D eigenvalue weighted by Gasteiger charge is 2.08. The first-order chi connectivity index (χ1) is 7.63. The predicted molar refractivity (Wildman–Crippen MR) is 64.8 cm³/mol. The number of hydrogen-bond donors (Lipinski definition) is 1. The van der Waals surface area contributed by atoms with Crippen LogP contribution in [0.1, 0.15) is 5.56 Å². The van der Waals surface area contributed by atoms with Crippen molar-refractivity contribution in [1.82, 2.24) is 9.55 Å². The maximum Gasteiger partial charge on any atom is 0.262 e. The molecule has 0 radical (unpaired) electrons. The van der Waals surface area contributed by atoms with Crippen LogP contribution in [0.5, 0.6) is 0 Å².